The van der Waals surface area contributed by atoms with Gasteiger partial charge in [0.1, 0.15) is 23.0 Å². The Hall–Kier alpha value is -3.39. The fourth-order valence-electron chi connectivity index (χ4n) is 3.22. The summed E-state index contributed by atoms with van der Waals surface area (Å²) in [6, 6.07) is 12.3. The molecule has 0 spiro atoms. The van der Waals surface area contributed by atoms with Gasteiger partial charge in [0.05, 0.1) is 12.7 Å². The molecule has 4 rings (SSSR count). The third-order valence-corrected chi connectivity index (χ3v) is 4.69. The van der Waals surface area contributed by atoms with Crippen LogP contribution in [0.25, 0.3) is 11.5 Å². The van der Waals surface area contributed by atoms with Crippen molar-refractivity contribution in [3.63, 3.8) is 0 Å². The summed E-state index contributed by atoms with van der Waals surface area (Å²) in [5.74, 6) is 1.73. The van der Waals surface area contributed by atoms with Gasteiger partial charge in [-0.15, -0.1) is 12.4 Å². The standard InChI is InChI=1S/C21H20N4O4.ClH/c1-28-14-7-9-15(10-8-14)29-13-18(26)25-12-4-5-16-20(25)23-19(24-21(16)27)17-6-2-3-11-22-17;/h2-3,6-11H,4-5,12-13H2,1H3,(H,23,24,27);1H. The Morgan fingerprint density at radius 3 is 2.63 bits per heavy atom. The molecule has 0 radical (unpaired) electrons. The molecule has 3 aromatic rings. The second kappa shape index (κ2) is 9.41. The fraction of sp³-hybridized carbons (Fsp3) is 0.238. The molecule has 30 heavy (non-hydrogen) atoms. The number of halogens is 1. The predicted octanol–water partition coefficient (Wildman–Crippen LogP) is 2.62. The van der Waals surface area contributed by atoms with E-state index in [2.05, 4.69) is 15.0 Å². The van der Waals surface area contributed by atoms with Gasteiger partial charge in [0, 0.05) is 12.7 Å². The number of methoxy groups -OCH3 is 1. The van der Waals surface area contributed by atoms with Crippen molar-refractivity contribution in [3.05, 3.63) is 64.6 Å². The van der Waals surface area contributed by atoms with Crippen molar-refractivity contribution in [1.82, 2.24) is 15.0 Å². The van der Waals surface area contributed by atoms with E-state index in [0.717, 1.165) is 0 Å². The zero-order chi connectivity index (χ0) is 20.2. The zero-order valence-electron chi connectivity index (χ0n) is 16.3. The number of fused-ring (bicyclic) bond motifs is 1. The van der Waals surface area contributed by atoms with Crippen LogP contribution in [-0.2, 0) is 11.2 Å². The van der Waals surface area contributed by atoms with Crippen LogP contribution in [0, 0.1) is 0 Å². The number of carbonyl (C=O) groups excluding carboxylic acids is 1. The molecule has 0 saturated heterocycles. The zero-order valence-corrected chi connectivity index (χ0v) is 17.1. The van der Waals surface area contributed by atoms with Crippen molar-refractivity contribution >= 4 is 24.1 Å². The molecule has 0 atom stereocenters. The Morgan fingerprint density at radius 2 is 1.93 bits per heavy atom. The van der Waals surface area contributed by atoms with E-state index < -0.39 is 0 Å². The Balaban J connectivity index is 0.00000256. The molecule has 0 aliphatic carbocycles. The van der Waals surface area contributed by atoms with Crippen LogP contribution in [0.5, 0.6) is 11.5 Å². The minimum absolute atomic E-state index is 0. The second-order valence-electron chi connectivity index (χ2n) is 6.54. The lowest BCUT2D eigenvalue weighted by Gasteiger charge is -2.28. The van der Waals surface area contributed by atoms with Gasteiger partial charge in [-0.25, -0.2) is 4.98 Å². The molecular formula is C21H21ClN4O4. The molecule has 0 fully saturated rings. The lowest BCUT2D eigenvalue weighted by molar-refractivity contribution is -0.120. The molecule has 1 aliphatic rings. The molecule has 8 nitrogen and oxygen atoms in total. The lowest BCUT2D eigenvalue weighted by Crippen LogP contribution is -2.41. The first kappa shape index (κ1) is 21.3. The minimum Gasteiger partial charge on any atom is -0.497 e. The predicted molar refractivity (Wildman–Crippen MR) is 114 cm³/mol. The molecule has 0 bridgehead atoms. The molecule has 1 aliphatic heterocycles. The van der Waals surface area contributed by atoms with Crippen molar-refractivity contribution in [2.24, 2.45) is 0 Å². The summed E-state index contributed by atoms with van der Waals surface area (Å²) in [5, 5.41) is 0. The maximum absolute atomic E-state index is 12.8. The van der Waals surface area contributed by atoms with Gasteiger partial charge in [-0.2, -0.15) is 0 Å². The summed E-state index contributed by atoms with van der Waals surface area (Å²) in [5.41, 5.74) is 0.804. The van der Waals surface area contributed by atoms with Gasteiger partial charge in [0.2, 0.25) is 0 Å². The Bertz CT molecular complexity index is 1070. The van der Waals surface area contributed by atoms with Gasteiger partial charge < -0.3 is 14.5 Å². The molecule has 1 aromatic carbocycles. The molecule has 9 heteroatoms. The van der Waals surface area contributed by atoms with Crippen LogP contribution in [-0.4, -0.2) is 41.1 Å². The molecule has 3 heterocycles. The molecule has 1 amide bonds. The summed E-state index contributed by atoms with van der Waals surface area (Å²) in [4.78, 5) is 38.4. The number of rotatable bonds is 5. The number of nitrogens with zero attached hydrogens (tertiary/aromatic N) is 3. The topological polar surface area (TPSA) is 97.4 Å². The number of carbonyl (C=O) groups is 1. The number of amides is 1. The number of H-pyrrole nitrogens is 1. The van der Waals surface area contributed by atoms with Crippen LogP contribution < -0.4 is 19.9 Å². The first-order chi connectivity index (χ1) is 14.2. The molecule has 0 saturated carbocycles. The van der Waals surface area contributed by atoms with E-state index in [4.69, 9.17) is 9.47 Å². The number of aromatic nitrogens is 3. The number of benzene rings is 1. The maximum atomic E-state index is 12.8. The largest absolute Gasteiger partial charge is 0.497 e. The molecule has 2 aromatic heterocycles. The molecular weight excluding hydrogens is 408 g/mol. The number of nitrogens with one attached hydrogen (secondary N) is 1. The summed E-state index contributed by atoms with van der Waals surface area (Å²) >= 11 is 0. The number of hydrogen-bond donors (Lipinski definition) is 1. The summed E-state index contributed by atoms with van der Waals surface area (Å²) in [6.45, 7) is 0.328. The minimum atomic E-state index is -0.258. The van der Waals surface area contributed by atoms with Crippen LogP contribution >= 0.6 is 12.4 Å². The van der Waals surface area contributed by atoms with Crippen molar-refractivity contribution in [3.8, 4) is 23.0 Å². The average Bonchev–Trinajstić information content (AvgIpc) is 2.78. The highest BCUT2D eigenvalue weighted by Gasteiger charge is 2.27. The van der Waals surface area contributed by atoms with Gasteiger partial charge in [-0.1, -0.05) is 6.07 Å². The van der Waals surface area contributed by atoms with Crippen molar-refractivity contribution in [2.45, 2.75) is 12.8 Å². The van der Waals surface area contributed by atoms with Crippen LogP contribution in [0.3, 0.4) is 0 Å². The first-order valence-corrected chi connectivity index (χ1v) is 9.27. The normalized spacial score (nSPS) is 12.5. The Morgan fingerprint density at radius 1 is 1.17 bits per heavy atom. The number of ether oxygens (including phenoxy) is 2. The Labute approximate surface area is 179 Å². The van der Waals surface area contributed by atoms with Crippen molar-refractivity contribution in [2.75, 3.05) is 25.2 Å². The highest BCUT2D eigenvalue weighted by atomic mass is 35.5. The number of hydrogen-bond acceptors (Lipinski definition) is 6. The highest BCUT2D eigenvalue weighted by molar-refractivity contribution is 5.94. The Kier molecular flexibility index (Phi) is 6.68. The van der Waals surface area contributed by atoms with E-state index in [1.165, 1.54) is 4.90 Å². The first-order valence-electron chi connectivity index (χ1n) is 9.27. The van der Waals surface area contributed by atoms with Crippen LogP contribution in [0.1, 0.15) is 12.0 Å². The van der Waals surface area contributed by atoms with Crippen molar-refractivity contribution in [1.29, 1.82) is 0 Å². The van der Waals surface area contributed by atoms with E-state index >= 15 is 0 Å². The van der Waals surface area contributed by atoms with E-state index in [-0.39, 0.29) is 30.5 Å². The van der Waals surface area contributed by atoms with Gasteiger partial charge in [0.15, 0.2) is 12.4 Å². The molecule has 156 valence electrons. The van der Waals surface area contributed by atoms with E-state index in [1.54, 1.807) is 49.7 Å². The van der Waals surface area contributed by atoms with Gasteiger partial charge in [-0.3, -0.25) is 19.5 Å². The third kappa shape index (κ3) is 4.44. The fourth-order valence-corrected chi connectivity index (χ4v) is 3.22. The molecule has 0 unspecified atom stereocenters. The monoisotopic (exact) mass is 428 g/mol. The van der Waals surface area contributed by atoms with Crippen molar-refractivity contribution < 1.29 is 14.3 Å². The van der Waals surface area contributed by atoms with Crippen LogP contribution in [0.15, 0.2) is 53.5 Å². The number of aromatic amines is 1. The summed E-state index contributed by atoms with van der Waals surface area (Å²) in [6.07, 6.45) is 2.89. The third-order valence-electron chi connectivity index (χ3n) is 4.69. The van der Waals surface area contributed by atoms with E-state index in [9.17, 15) is 9.59 Å². The second-order valence-corrected chi connectivity index (χ2v) is 6.54. The number of pyridine rings is 1. The van der Waals surface area contributed by atoms with Gasteiger partial charge >= 0.3 is 0 Å². The molecule has 1 N–H and O–H groups in total. The summed E-state index contributed by atoms with van der Waals surface area (Å²) in [7, 11) is 1.58. The SMILES string of the molecule is COc1ccc(OCC(=O)N2CCCc3c2nc(-c2ccccn2)[nH]c3=O)cc1.Cl. The quantitative estimate of drug-likeness (QED) is 0.670. The van der Waals surface area contributed by atoms with Gasteiger partial charge in [-0.05, 0) is 49.2 Å². The van der Waals surface area contributed by atoms with Gasteiger partial charge in [0.25, 0.3) is 11.5 Å². The highest BCUT2D eigenvalue weighted by Crippen LogP contribution is 2.25. The summed E-state index contributed by atoms with van der Waals surface area (Å²) < 4.78 is 10.7. The average molecular weight is 429 g/mol. The van der Waals surface area contributed by atoms with E-state index in [1.807, 2.05) is 6.07 Å². The maximum Gasteiger partial charge on any atom is 0.266 e. The van der Waals surface area contributed by atoms with Crippen LogP contribution in [0.2, 0.25) is 0 Å². The lowest BCUT2D eigenvalue weighted by atomic mass is 10.1. The van der Waals surface area contributed by atoms with E-state index in [0.29, 0.717) is 53.8 Å². The number of anilines is 1. The smallest absolute Gasteiger partial charge is 0.266 e. The van der Waals surface area contributed by atoms with Crippen LogP contribution in [0.4, 0.5) is 5.82 Å².